The minimum Gasteiger partial charge on any atom is -0.438 e. The fourth-order valence-electron chi connectivity index (χ4n) is 3.10. The summed E-state index contributed by atoms with van der Waals surface area (Å²) >= 11 is 0. The molecule has 0 fully saturated rings. The molecule has 3 heterocycles. The van der Waals surface area contributed by atoms with E-state index < -0.39 is 12.7 Å². The highest BCUT2D eigenvalue weighted by Crippen LogP contribution is 2.33. The second kappa shape index (κ2) is 5.45. The van der Waals surface area contributed by atoms with Crippen molar-refractivity contribution in [3.05, 3.63) is 59.9 Å². The molecular formula is C21H21N2O+. The van der Waals surface area contributed by atoms with Gasteiger partial charge in [-0.3, -0.25) is 0 Å². The highest BCUT2D eigenvalue weighted by molar-refractivity contribution is 6.05. The van der Waals surface area contributed by atoms with Crippen molar-refractivity contribution in [3.63, 3.8) is 0 Å². The zero-order valence-corrected chi connectivity index (χ0v) is 13.9. The number of furan rings is 1. The van der Waals surface area contributed by atoms with Gasteiger partial charge < -0.3 is 4.42 Å². The summed E-state index contributed by atoms with van der Waals surface area (Å²) in [4.78, 5) is 4.38. The number of aromatic nitrogens is 2. The number of fused-ring (bicyclic) bond motifs is 3. The second-order valence-corrected chi connectivity index (χ2v) is 6.14. The van der Waals surface area contributed by atoms with E-state index in [1.54, 1.807) is 12.1 Å². The van der Waals surface area contributed by atoms with Crippen molar-refractivity contribution in [1.29, 1.82) is 0 Å². The normalized spacial score (nSPS) is 17.1. The molecule has 4 rings (SSSR count). The Hall–Kier alpha value is -2.68. The minimum atomic E-state index is -2.48. The predicted molar refractivity (Wildman–Crippen MR) is 97.0 cm³/mol. The molecule has 1 atom stereocenters. The van der Waals surface area contributed by atoms with E-state index in [9.17, 15) is 0 Å². The summed E-state index contributed by atoms with van der Waals surface area (Å²) in [6, 6.07) is 13.5. The van der Waals surface area contributed by atoms with Gasteiger partial charge >= 0.3 is 0 Å². The number of rotatable bonds is 2. The molecule has 4 aromatic rings. The van der Waals surface area contributed by atoms with Gasteiger partial charge in [-0.15, -0.1) is 0 Å². The average Bonchev–Trinajstić information content (AvgIpc) is 2.97. The van der Waals surface area contributed by atoms with E-state index in [0.717, 1.165) is 27.6 Å². The fraction of sp³-hybridized carbons (Fsp3) is 0.238. The van der Waals surface area contributed by atoms with Crippen LogP contribution in [0.25, 0.3) is 33.3 Å². The van der Waals surface area contributed by atoms with Gasteiger partial charge in [0.05, 0.1) is 5.56 Å². The van der Waals surface area contributed by atoms with Crippen molar-refractivity contribution in [3.8, 4) is 11.3 Å². The summed E-state index contributed by atoms with van der Waals surface area (Å²) in [5.74, 6) is -1.81. The molecule has 3 nitrogen and oxygen atoms in total. The molecule has 1 aromatic carbocycles. The van der Waals surface area contributed by atoms with Gasteiger partial charge in [-0.25, -0.2) is 9.55 Å². The van der Waals surface area contributed by atoms with Gasteiger partial charge in [0.25, 0.3) is 0 Å². The maximum Gasteiger partial charge on any atom is 0.227 e. The number of hydrogen-bond donors (Lipinski definition) is 0. The third kappa shape index (κ3) is 2.28. The SMILES string of the molecule is [2H]C([2H])([2H])C([2H])(C)c1ccc2c(n1)oc1cc(-c3cccc[n+]3C)c(C)cc12. The summed E-state index contributed by atoms with van der Waals surface area (Å²) in [7, 11) is 2.00. The first kappa shape index (κ1) is 11.0. The predicted octanol–water partition coefficient (Wildman–Crippen LogP) is 4.90. The molecule has 120 valence electrons. The Morgan fingerprint density at radius 2 is 2.08 bits per heavy atom. The zero-order valence-electron chi connectivity index (χ0n) is 17.9. The first-order chi connectivity index (χ1) is 13.1. The Labute approximate surface area is 147 Å². The van der Waals surface area contributed by atoms with Gasteiger partial charge in [0.2, 0.25) is 11.4 Å². The van der Waals surface area contributed by atoms with Crippen LogP contribution < -0.4 is 4.57 Å². The van der Waals surface area contributed by atoms with Crippen LogP contribution in [0.3, 0.4) is 0 Å². The van der Waals surface area contributed by atoms with Crippen molar-refractivity contribution in [2.24, 2.45) is 7.05 Å². The molecule has 0 N–H and O–H groups in total. The Kier molecular flexibility index (Phi) is 2.49. The zero-order chi connectivity index (χ0) is 20.3. The van der Waals surface area contributed by atoms with E-state index in [-0.39, 0.29) is 5.69 Å². The van der Waals surface area contributed by atoms with E-state index in [1.807, 2.05) is 31.4 Å². The Bertz CT molecular complexity index is 1210. The van der Waals surface area contributed by atoms with Crippen LogP contribution in [-0.4, -0.2) is 4.98 Å². The summed E-state index contributed by atoms with van der Waals surface area (Å²) in [6.07, 6.45) is 2.00. The molecule has 0 bridgehead atoms. The van der Waals surface area contributed by atoms with Crippen LogP contribution in [0.1, 0.15) is 36.4 Å². The topological polar surface area (TPSA) is 29.9 Å². The first-order valence-electron chi connectivity index (χ1n) is 9.89. The van der Waals surface area contributed by atoms with Crippen LogP contribution in [0.15, 0.2) is 53.1 Å². The van der Waals surface area contributed by atoms with Crippen LogP contribution in [0.4, 0.5) is 0 Å². The van der Waals surface area contributed by atoms with Gasteiger partial charge in [-0.05, 0) is 48.7 Å². The van der Waals surface area contributed by atoms with Gasteiger partial charge in [-0.2, -0.15) is 0 Å². The summed E-state index contributed by atoms with van der Waals surface area (Å²) in [5, 5.41) is 1.74. The molecule has 0 spiro atoms. The Balaban J connectivity index is 1.92. The van der Waals surface area contributed by atoms with E-state index in [2.05, 4.69) is 28.6 Å². The van der Waals surface area contributed by atoms with Gasteiger partial charge in [-0.1, -0.05) is 13.8 Å². The lowest BCUT2D eigenvalue weighted by Gasteiger charge is -2.04. The lowest BCUT2D eigenvalue weighted by molar-refractivity contribution is -0.660. The maximum absolute atomic E-state index is 8.26. The molecule has 0 aliphatic carbocycles. The molecule has 3 heteroatoms. The maximum atomic E-state index is 8.26. The number of nitrogens with zero attached hydrogens (tertiary/aromatic N) is 2. The number of hydrogen-bond acceptors (Lipinski definition) is 2. The van der Waals surface area contributed by atoms with Crippen LogP contribution in [0.2, 0.25) is 0 Å². The van der Waals surface area contributed by atoms with Crippen molar-refractivity contribution in [2.45, 2.75) is 26.6 Å². The third-order valence-electron chi connectivity index (χ3n) is 4.40. The lowest BCUT2D eigenvalue weighted by atomic mass is 10.0. The van der Waals surface area contributed by atoms with Gasteiger partial charge in [0.15, 0.2) is 6.20 Å². The van der Waals surface area contributed by atoms with Crippen LogP contribution in [0.5, 0.6) is 0 Å². The van der Waals surface area contributed by atoms with E-state index in [1.165, 1.54) is 6.92 Å². The molecular weight excluding hydrogens is 296 g/mol. The summed E-state index contributed by atoms with van der Waals surface area (Å²) in [5.41, 5.74) is 4.44. The monoisotopic (exact) mass is 321 g/mol. The van der Waals surface area contributed by atoms with E-state index in [4.69, 9.17) is 9.90 Å². The van der Waals surface area contributed by atoms with E-state index >= 15 is 0 Å². The summed E-state index contributed by atoms with van der Waals surface area (Å²) < 4.78 is 39.2. The molecule has 0 amide bonds. The Morgan fingerprint density at radius 1 is 1.21 bits per heavy atom. The molecule has 3 aromatic heterocycles. The Morgan fingerprint density at radius 3 is 2.88 bits per heavy atom. The number of aryl methyl sites for hydroxylation is 2. The highest BCUT2D eigenvalue weighted by Gasteiger charge is 2.16. The quantitative estimate of drug-likeness (QED) is 0.491. The van der Waals surface area contributed by atoms with Crippen molar-refractivity contribution < 1.29 is 14.5 Å². The number of benzene rings is 1. The molecule has 0 aliphatic rings. The van der Waals surface area contributed by atoms with Crippen molar-refractivity contribution in [1.82, 2.24) is 4.98 Å². The standard InChI is InChI=1S/C21H21N2O/c1-13(2)18-9-8-15-17-11-14(3)16(12-20(17)24-21(15)22-18)19-7-5-6-10-23(19)4/h5-13H,1-4H3/q+1/i1D3,13D. The molecule has 0 radical (unpaired) electrons. The third-order valence-corrected chi connectivity index (χ3v) is 4.40. The van der Waals surface area contributed by atoms with Crippen molar-refractivity contribution in [2.75, 3.05) is 0 Å². The van der Waals surface area contributed by atoms with Crippen LogP contribution in [-0.2, 0) is 7.05 Å². The van der Waals surface area contributed by atoms with Crippen LogP contribution >= 0.6 is 0 Å². The molecule has 24 heavy (non-hydrogen) atoms. The van der Waals surface area contributed by atoms with Crippen molar-refractivity contribution >= 4 is 22.1 Å². The minimum absolute atomic E-state index is 0.172. The van der Waals surface area contributed by atoms with Gasteiger partial charge in [0.1, 0.15) is 12.6 Å². The second-order valence-electron chi connectivity index (χ2n) is 6.14. The summed E-state index contributed by atoms with van der Waals surface area (Å²) in [6.45, 7) is 0.928. The number of pyridine rings is 2. The molecule has 0 saturated carbocycles. The first-order valence-corrected chi connectivity index (χ1v) is 7.89. The average molecular weight is 321 g/mol. The molecule has 0 saturated heterocycles. The van der Waals surface area contributed by atoms with Gasteiger partial charge in [0, 0.05) is 34.1 Å². The smallest absolute Gasteiger partial charge is 0.227 e. The lowest BCUT2D eigenvalue weighted by Crippen LogP contribution is -2.30. The van der Waals surface area contributed by atoms with Crippen LogP contribution in [0, 0.1) is 6.92 Å². The highest BCUT2D eigenvalue weighted by atomic mass is 16.3. The van der Waals surface area contributed by atoms with E-state index in [0.29, 0.717) is 11.3 Å². The largest absolute Gasteiger partial charge is 0.438 e. The fourth-order valence-corrected chi connectivity index (χ4v) is 3.10. The molecule has 1 unspecified atom stereocenters. The molecule has 0 aliphatic heterocycles.